The molecule has 3 rings (SSSR count). The van der Waals surface area contributed by atoms with Crippen molar-refractivity contribution in [1.82, 2.24) is 9.13 Å². The van der Waals surface area contributed by atoms with E-state index < -0.39 is 17.2 Å². The quantitative estimate of drug-likeness (QED) is 0.768. The molecule has 2 aromatic heterocycles. The molecule has 0 aliphatic rings. The number of nitrogens with zero attached hydrogens (tertiary/aromatic N) is 2. The molecule has 0 unspecified atom stereocenters. The zero-order chi connectivity index (χ0) is 17.3. The number of aromatic nitrogens is 2. The van der Waals surface area contributed by atoms with E-state index in [4.69, 9.17) is 5.11 Å². The smallest absolute Gasteiger partial charge is 0.345 e. The van der Waals surface area contributed by atoms with E-state index in [0.29, 0.717) is 17.8 Å². The lowest BCUT2D eigenvalue weighted by Gasteiger charge is -2.08. The van der Waals surface area contributed by atoms with Crippen molar-refractivity contribution in [2.24, 2.45) is 7.05 Å². The molecule has 0 saturated carbocycles. The molecule has 1 aromatic carbocycles. The van der Waals surface area contributed by atoms with Crippen LogP contribution in [0.15, 0.2) is 46.0 Å². The van der Waals surface area contributed by atoms with Gasteiger partial charge < -0.3 is 5.11 Å². The summed E-state index contributed by atoms with van der Waals surface area (Å²) in [5, 5.41) is 9.36. The maximum atomic E-state index is 12.5. The fraction of sp³-hybridized carbons (Fsp3) is 0.235. The van der Waals surface area contributed by atoms with Gasteiger partial charge in [0.1, 0.15) is 9.71 Å². The zero-order valence-corrected chi connectivity index (χ0v) is 13.9. The van der Waals surface area contributed by atoms with Crippen LogP contribution in [-0.4, -0.2) is 20.2 Å². The van der Waals surface area contributed by atoms with E-state index in [2.05, 4.69) is 0 Å². The van der Waals surface area contributed by atoms with E-state index in [1.54, 1.807) is 7.05 Å². The fourth-order valence-corrected chi connectivity index (χ4v) is 3.62. The molecule has 0 fully saturated rings. The van der Waals surface area contributed by atoms with Crippen LogP contribution < -0.4 is 11.2 Å². The van der Waals surface area contributed by atoms with Crippen molar-refractivity contribution in [2.75, 3.05) is 0 Å². The van der Waals surface area contributed by atoms with Crippen LogP contribution in [0.5, 0.6) is 0 Å². The van der Waals surface area contributed by atoms with Crippen LogP contribution >= 0.6 is 11.3 Å². The van der Waals surface area contributed by atoms with Crippen molar-refractivity contribution < 1.29 is 9.90 Å². The van der Waals surface area contributed by atoms with E-state index in [9.17, 15) is 14.4 Å². The van der Waals surface area contributed by atoms with Crippen molar-refractivity contribution in [3.8, 4) is 0 Å². The Hall–Kier alpha value is -2.67. The first-order chi connectivity index (χ1) is 11.5. The standard InChI is InChI=1S/C17H16N2O4S/c1-18-15-12(10-13(24-15)16(21)22)14(20)19(17(18)23)9-5-8-11-6-3-2-4-7-11/h2-4,6-7,10H,5,8-9H2,1H3,(H,21,22). The van der Waals surface area contributed by atoms with E-state index in [1.807, 2.05) is 30.3 Å². The maximum Gasteiger partial charge on any atom is 0.345 e. The van der Waals surface area contributed by atoms with Crippen LogP contribution in [0, 0.1) is 0 Å². The Kier molecular flexibility index (Phi) is 4.35. The fourth-order valence-electron chi connectivity index (χ4n) is 2.67. The number of hydrogen-bond acceptors (Lipinski definition) is 4. The lowest BCUT2D eigenvalue weighted by molar-refractivity contribution is 0.0702. The molecule has 6 nitrogen and oxygen atoms in total. The molecule has 0 saturated heterocycles. The van der Waals surface area contributed by atoms with Crippen LogP contribution in [0.3, 0.4) is 0 Å². The maximum absolute atomic E-state index is 12.5. The van der Waals surface area contributed by atoms with Crippen molar-refractivity contribution in [2.45, 2.75) is 19.4 Å². The zero-order valence-electron chi connectivity index (χ0n) is 13.1. The van der Waals surface area contributed by atoms with Crippen LogP contribution in [0.4, 0.5) is 0 Å². The summed E-state index contributed by atoms with van der Waals surface area (Å²) < 4.78 is 2.53. The van der Waals surface area contributed by atoms with E-state index in [-0.39, 0.29) is 10.3 Å². The van der Waals surface area contributed by atoms with Gasteiger partial charge in [-0.25, -0.2) is 9.59 Å². The Morgan fingerprint density at radius 1 is 1.21 bits per heavy atom. The summed E-state index contributed by atoms with van der Waals surface area (Å²) in [5.74, 6) is -1.10. The molecule has 0 amide bonds. The number of fused-ring (bicyclic) bond motifs is 1. The second-order valence-electron chi connectivity index (χ2n) is 5.52. The first-order valence-electron chi connectivity index (χ1n) is 7.49. The monoisotopic (exact) mass is 344 g/mol. The number of thiophene rings is 1. The number of carboxylic acid groups (broad SMARTS) is 1. The van der Waals surface area contributed by atoms with Gasteiger partial charge in [0.05, 0.1) is 5.39 Å². The van der Waals surface area contributed by atoms with Gasteiger partial charge in [-0.2, -0.15) is 0 Å². The normalized spacial score (nSPS) is 11.0. The molecule has 0 aliphatic heterocycles. The average molecular weight is 344 g/mol. The summed E-state index contributed by atoms with van der Waals surface area (Å²) >= 11 is 0.940. The summed E-state index contributed by atoms with van der Waals surface area (Å²) in [4.78, 5) is 36.5. The summed E-state index contributed by atoms with van der Waals surface area (Å²) in [7, 11) is 1.56. The largest absolute Gasteiger partial charge is 0.477 e. The van der Waals surface area contributed by atoms with E-state index in [1.165, 1.54) is 15.2 Å². The van der Waals surface area contributed by atoms with Crippen LogP contribution in [-0.2, 0) is 20.0 Å². The third kappa shape index (κ3) is 2.90. The number of carboxylic acids is 1. The average Bonchev–Trinajstić information content (AvgIpc) is 3.03. The Labute approximate surface area is 141 Å². The topological polar surface area (TPSA) is 81.3 Å². The van der Waals surface area contributed by atoms with Gasteiger partial charge in [-0.1, -0.05) is 30.3 Å². The van der Waals surface area contributed by atoms with Gasteiger partial charge in [-0.15, -0.1) is 11.3 Å². The molecule has 0 spiro atoms. The minimum absolute atomic E-state index is 0.0548. The van der Waals surface area contributed by atoms with Gasteiger partial charge >= 0.3 is 11.7 Å². The second kappa shape index (κ2) is 6.45. The second-order valence-corrected chi connectivity index (χ2v) is 6.55. The Morgan fingerprint density at radius 2 is 1.92 bits per heavy atom. The summed E-state index contributed by atoms with van der Waals surface area (Å²) in [6, 6.07) is 11.2. The highest BCUT2D eigenvalue weighted by Gasteiger charge is 2.16. The lowest BCUT2D eigenvalue weighted by atomic mass is 10.1. The molecule has 7 heteroatoms. The van der Waals surface area contributed by atoms with Crippen LogP contribution in [0.2, 0.25) is 0 Å². The molecule has 3 aromatic rings. The molecule has 2 heterocycles. The lowest BCUT2D eigenvalue weighted by Crippen LogP contribution is -2.38. The molecule has 124 valence electrons. The van der Waals surface area contributed by atoms with Crippen molar-refractivity contribution >= 4 is 27.5 Å². The van der Waals surface area contributed by atoms with Crippen LogP contribution in [0.25, 0.3) is 10.2 Å². The van der Waals surface area contributed by atoms with Crippen molar-refractivity contribution in [3.05, 3.63) is 67.7 Å². The minimum atomic E-state index is -1.10. The highest BCUT2D eigenvalue weighted by Crippen LogP contribution is 2.21. The molecular formula is C17H16N2O4S. The van der Waals surface area contributed by atoms with Gasteiger partial charge in [0.2, 0.25) is 0 Å². The number of aryl methyl sites for hydroxylation is 2. The molecular weight excluding hydrogens is 328 g/mol. The predicted molar refractivity (Wildman–Crippen MR) is 93.0 cm³/mol. The number of rotatable bonds is 5. The Bertz CT molecular complexity index is 1010. The van der Waals surface area contributed by atoms with Gasteiger partial charge in [-0.3, -0.25) is 13.9 Å². The predicted octanol–water partition coefficient (Wildman–Crippen LogP) is 2.09. The molecule has 0 aliphatic carbocycles. The van der Waals surface area contributed by atoms with Crippen LogP contribution in [0.1, 0.15) is 21.7 Å². The number of hydrogen-bond donors (Lipinski definition) is 1. The summed E-state index contributed by atoms with van der Waals surface area (Å²) in [6.07, 6.45) is 1.42. The van der Waals surface area contributed by atoms with E-state index >= 15 is 0 Å². The van der Waals surface area contributed by atoms with Crippen molar-refractivity contribution in [3.63, 3.8) is 0 Å². The summed E-state index contributed by atoms with van der Waals surface area (Å²) in [6.45, 7) is 0.300. The molecule has 0 radical (unpaired) electrons. The molecule has 0 bridgehead atoms. The summed E-state index contributed by atoms with van der Waals surface area (Å²) in [5.41, 5.74) is 0.302. The third-order valence-corrected chi connectivity index (χ3v) is 5.11. The van der Waals surface area contributed by atoms with Gasteiger partial charge in [0.25, 0.3) is 5.56 Å². The first-order valence-corrected chi connectivity index (χ1v) is 8.31. The molecule has 0 atom stereocenters. The highest BCUT2D eigenvalue weighted by atomic mass is 32.1. The number of aromatic carboxylic acids is 1. The van der Waals surface area contributed by atoms with Gasteiger partial charge in [-0.05, 0) is 24.5 Å². The van der Waals surface area contributed by atoms with Crippen molar-refractivity contribution in [1.29, 1.82) is 0 Å². The molecule has 24 heavy (non-hydrogen) atoms. The minimum Gasteiger partial charge on any atom is -0.477 e. The SMILES string of the molecule is Cn1c(=O)n(CCCc2ccccc2)c(=O)c2cc(C(=O)O)sc21. The number of carbonyl (C=O) groups is 1. The Balaban J connectivity index is 1.94. The van der Waals surface area contributed by atoms with E-state index in [0.717, 1.165) is 23.3 Å². The first kappa shape index (κ1) is 16.2. The highest BCUT2D eigenvalue weighted by molar-refractivity contribution is 7.20. The van der Waals surface area contributed by atoms with Gasteiger partial charge in [0.15, 0.2) is 0 Å². The Morgan fingerprint density at radius 3 is 2.58 bits per heavy atom. The van der Waals surface area contributed by atoms with Gasteiger partial charge in [0, 0.05) is 13.6 Å². The number of benzene rings is 1. The molecule has 1 N–H and O–H groups in total. The third-order valence-electron chi connectivity index (χ3n) is 3.91.